The zero-order valence-electron chi connectivity index (χ0n) is 21.5. The van der Waals surface area contributed by atoms with E-state index in [0.717, 1.165) is 32.1 Å². The fourth-order valence-corrected chi connectivity index (χ4v) is 9.27. The van der Waals surface area contributed by atoms with Crippen molar-refractivity contribution in [3.05, 3.63) is 0 Å². The number of aliphatic hydroxyl groups is 1. The zero-order valence-corrected chi connectivity index (χ0v) is 21.5. The van der Waals surface area contributed by atoms with E-state index >= 15 is 0 Å². The lowest BCUT2D eigenvalue weighted by Crippen LogP contribution is -2.59. The van der Waals surface area contributed by atoms with Gasteiger partial charge in [-0.25, -0.2) is 0 Å². The van der Waals surface area contributed by atoms with Crippen molar-refractivity contribution in [2.24, 2.45) is 46.3 Å². The van der Waals surface area contributed by atoms with Crippen LogP contribution in [0.3, 0.4) is 0 Å². The Kier molecular flexibility index (Phi) is 7.21. The molecule has 4 rings (SSSR count). The van der Waals surface area contributed by atoms with Crippen molar-refractivity contribution in [1.82, 2.24) is 0 Å². The van der Waals surface area contributed by atoms with E-state index in [-0.39, 0.29) is 35.0 Å². The van der Waals surface area contributed by atoms with E-state index in [1.165, 1.54) is 32.6 Å². The van der Waals surface area contributed by atoms with Crippen LogP contribution in [0.1, 0.15) is 98.8 Å². The lowest BCUT2D eigenvalue weighted by Gasteiger charge is -2.62. The summed E-state index contributed by atoms with van der Waals surface area (Å²) in [6, 6.07) is 0. The van der Waals surface area contributed by atoms with Crippen molar-refractivity contribution >= 4 is 11.9 Å². The quantitative estimate of drug-likeness (QED) is 0.526. The van der Waals surface area contributed by atoms with E-state index in [2.05, 4.69) is 20.8 Å². The molecule has 10 atom stereocenters. The Morgan fingerprint density at radius 2 is 1.82 bits per heavy atom. The van der Waals surface area contributed by atoms with E-state index in [1.54, 1.807) is 0 Å². The Labute approximate surface area is 200 Å². The summed E-state index contributed by atoms with van der Waals surface area (Å²) in [4.78, 5) is 23.4. The second-order valence-electron chi connectivity index (χ2n) is 12.3. The van der Waals surface area contributed by atoms with Crippen molar-refractivity contribution in [3.63, 3.8) is 0 Å². The summed E-state index contributed by atoms with van der Waals surface area (Å²) in [6.07, 6.45) is 9.94. The third-order valence-corrected chi connectivity index (χ3v) is 10.9. The van der Waals surface area contributed by atoms with Crippen LogP contribution in [0, 0.1) is 46.3 Å². The summed E-state index contributed by atoms with van der Waals surface area (Å²) in [5.74, 6) is 3.06. The van der Waals surface area contributed by atoms with Gasteiger partial charge in [0, 0.05) is 13.3 Å². The van der Waals surface area contributed by atoms with E-state index in [0.29, 0.717) is 48.5 Å². The summed E-state index contributed by atoms with van der Waals surface area (Å²) in [7, 11) is 0. The molecule has 4 aliphatic carbocycles. The molecule has 0 aromatic carbocycles. The molecular weight excluding hydrogens is 416 g/mol. The fraction of sp³-hybridized carbons (Fsp3) is 0.929. The Hall–Kier alpha value is -1.10. The van der Waals surface area contributed by atoms with Gasteiger partial charge in [-0.1, -0.05) is 20.8 Å². The van der Waals surface area contributed by atoms with Crippen molar-refractivity contribution in [3.8, 4) is 0 Å². The molecule has 5 heteroatoms. The average molecular weight is 463 g/mol. The number of hydrogen-bond acceptors (Lipinski definition) is 5. The van der Waals surface area contributed by atoms with Gasteiger partial charge in [-0.15, -0.1) is 0 Å². The van der Waals surface area contributed by atoms with E-state index in [1.807, 2.05) is 6.92 Å². The predicted octanol–water partition coefficient (Wildman–Crippen LogP) is 5.53. The number of fused-ring (bicyclic) bond motifs is 5. The highest BCUT2D eigenvalue weighted by molar-refractivity contribution is 5.69. The normalized spacial score (nSPS) is 45.3. The zero-order chi connectivity index (χ0) is 24.0. The van der Waals surface area contributed by atoms with Gasteiger partial charge in [0.15, 0.2) is 0 Å². The third-order valence-electron chi connectivity index (χ3n) is 10.9. The van der Waals surface area contributed by atoms with Gasteiger partial charge in [0.2, 0.25) is 0 Å². The first-order valence-electron chi connectivity index (χ1n) is 13.6. The van der Waals surface area contributed by atoms with Crippen LogP contribution in [0.15, 0.2) is 0 Å². The number of rotatable bonds is 6. The fourth-order valence-electron chi connectivity index (χ4n) is 9.27. The molecule has 0 spiro atoms. The molecule has 0 aromatic rings. The highest BCUT2D eigenvalue weighted by Gasteiger charge is 2.63. The van der Waals surface area contributed by atoms with Gasteiger partial charge in [-0.05, 0) is 111 Å². The van der Waals surface area contributed by atoms with Gasteiger partial charge in [0.05, 0.1) is 12.7 Å². The van der Waals surface area contributed by atoms with E-state index < -0.39 is 0 Å². The average Bonchev–Trinajstić information content (AvgIpc) is 3.12. The highest BCUT2D eigenvalue weighted by atomic mass is 16.5. The largest absolute Gasteiger partial charge is 0.466 e. The highest BCUT2D eigenvalue weighted by Crippen LogP contribution is 2.68. The lowest BCUT2D eigenvalue weighted by atomic mass is 9.43. The van der Waals surface area contributed by atoms with Gasteiger partial charge in [-0.2, -0.15) is 0 Å². The molecule has 1 N–H and O–H groups in total. The minimum atomic E-state index is -0.275. The topological polar surface area (TPSA) is 72.8 Å². The Morgan fingerprint density at radius 1 is 1.06 bits per heavy atom. The maximum Gasteiger partial charge on any atom is 0.305 e. The van der Waals surface area contributed by atoms with Gasteiger partial charge in [-0.3, -0.25) is 9.59 Å². The first-order chi connectivity index (χ1) is 15.6. The summed E-state index contributed by atoms with van der Waals surface area (Å²) in [5.41, 5.74) is 0.197. The molecule has 0 saturated heterocycles. The number of esters is 2. The predicted molar refractivity (Wildman–Crippen MR) is 127 cm³/mol. The maximum atomic E-state index is 11.9. The van der Waals surface area contributed by atoms with Crippen molar-refractivity contribution < 1.29 is 24.2 Å². The lowest BCUT2D eigenvalue weighted by molar-refractivity contribution is -0.181. The first kappa shape index (κ1) is 25.0. The van der Waals surface area contributed by atoms with Gasteiger partial charge in [0.25, 0.3) is 0 Å². The molecule has 0 radical (unpaired) electrons. The van der Waals surface area contributed by atoms with Crippen LogP contribution in [-0.2, 0) is 19.1 Å². The molecule has 5 nitrogen and oxygen atoms in total. The van der Waals surface area contributed by atoms with E-state index in [9.17, 15) is 14.7 Å². The van der Waals surface area contributed by atoms with Crippen LogP contribution >= 0.6 is 0 Å². The summed E-state index contributed by atoms with van der Waals surface area (Å²) < 4.78 is 10.8. The van der Waals surface area contributed by atoms with Crippen LogP contribution in [0.2, 0.25) is 0 Å². The summed E-state index contributed by atoms with van der Waals surface area (Å²) in [6.45, 7) is 10.9. The number of hydrogen-bond donors (Lipinski definition) is 1. The molecule has 0 amide bonds. The van der Waals surface area contributed by atoms with Crippen molar-refractivity contribution in [2.75, 3.05) is 6.61 Å². The third kappa shape index (κ3) is 4.36. The molecule has 5 unspecified atom stereocenters. The molecule has 0 bridgehead atoms. The van der Waals surface area contributed by atoms with Crippen LogP contribution < -0.4 is 0 Å². The summed E-state index contributed by atoms with van der Waals surface area (Å²) in [5, 5.41) is 11.7. The van der Waals surface area contributed by atoms with Crippen molar-refractivity contribution in [2.45, 2.75) is 111 Å². The number of carbonyl (C=O) groups excluding carboxylic acids is 2. The second-order valence-corrected chi connectivity index (χ2v) is 12.3. The van der Waals surface area contributed by atoms with Gasteiger partial charge >= 0.3 is 11.9 Å². The molecule has 4 aliphatic rings. The standard InChI is InChI=1S/C28H46O5/c1-6-32-26(31)12-7-17(2)22-10-11-23-21-9-8-19-15-20(33-18(3)29)13-14-27(19,4)24(21)16-25(30)28(22,23)5/h17,19-25,30H,6-16H2,1-5H3/t17-,19?,20?,21?,22-,23?,24?,25+,27+,28-/m1/s1. The number of aliphatic hydroxyl groups excluding tert-OH is 1. The molecule has 33 heavy (non-hydrogen) atoms. The van der Waals surface area contributed by atoms with E-state index in [4.69, 9.17) is 9.47 Å². The Morgan fingerprint density at radius 3 is 2.52 bits per heavy atom. The van der Waals surface area contributed by atoms with Crippen LogP contribution in [-0.4, -0.2) is 35.9 Å². The minimum absolute atomic E-state index is 0.0482. The Bertz CT molecular complexity index is 736. The van der Waals surface area contributed by atoms with Crippen LogP contribution in [0.25, 0.3) is 0 Å². The molecule has 0 aromatic heterocycles. The smallest absolute Gasteiger partial charge is 0.305 e. The molecule has 4 saturated carbocycles. The first-order valence-corrected chi connectivity index (χ1v) is 13.6. The minimum Gasteiger partial charge on any atom is -0.466 e. The SMILES string of the molecule is CCOC(=O)CC[C@@H](C)[C@H]1CCC2C3CCC4CC(OC(C)=O)CC[C@]4(C)C3C[C@H](O)[C@@]21C. The molecule has 4 fully saturated rings. The van der Waals surface area contributed by atoms with Gasteiger partial charge in [0.1, 0.15) is 6.10 Å². The van der Waals surface area contributed by atoms with Gasteiger partial charge < -0.3 is 14.6 Å². The number of carbonyl (C=O) groups is 2. The molecule has 0 heterocycles. The van der Waals surface area contributed by atoms with Crippen LogP contribution in [0.5, 0.6) is 0 Å². The summed E-state index contributed by atoms with van der Waals surface area (Å²) >= 11 is 0. The Balaban J connectivity index is 1.47. The monoisotopic (exact) mass is 462 g/mol. The second kappa shape index (κ2) is 9.51. The van der Waals surface area contributed by atoms with Crippen molar-refractivity contribution in [1.29, 1.82) is 0 Å². The maximum absolute atomic E-state index is 11.9. The number of ether oxygens (including phenoxy) is 2. The molecular formula is C28H46O5. The van der Waals surface area contributed by atoms with Crippen LogP contribution in [0.4, 0.5) is 0 Å². The molecule has 188 valence electrons. The molecule has 0 aliphatic heterocycles.